The van der Waals surface area contributed by atoms with Crippen LogP contribution in [-0.4, -0.2) is 47.9 Å². The van der Waals surface area contributed by atoms with Gasteiger partial charge in [-0.05, 0) is 37.9 Å². The molecule has 1 amide bonds. The number of nitro benzene ring substituents is 1. The molecule has 29 heavy (non-hydrogen) atoms. The highest BCUT2D eigenvalue weighted by molar-refractivity contribution is 7.22. The van der Waals surface area contributed by atoms with Crippen molar-refractivity contribution in [3.8, 4) is 0 Å². The lowest BCUT2D eigenvalue weighted by Crippen LogP contribution is -2.35. The van der Waals surface area contributed by atoms with Crippen LogP contribution in [0.3, 0.4) is 0 Å². The van der Waals surface area contributed by atoms with E-state index in [9.17, 15) is 14.9 Å². The molecule has 3 aromatic rings. The van der Waals surface area contributed by atoms with Gasteiger partial charge in [-0.2, -0.15) is 0 Å². The highest BCUT2D eigenvalue weighted by Crippen LogP contribution is 2.28. The number of nitrogens with zero attached hydrogens (tertiary/aromatic N) is 4. The smallest absolute Gasteiger partial charge is 0.270 e. The van der Waals surface area contributed by atoms with E-state index in [-0.39, 0.29) is 24.0 Å². The number of rotatable bonds is 7. The highest BCUT2D eigenvalue weighted by atomic mass is 35.5. The summed E-state index contributed by atoms with van der Waals surface area (Å²) in [6.45, 7) is 1.18. The van der Waals surface area contributed by atoms with Crippen LogP contribution in [0.15, 0.2) is 54.6 Å². The lowest BCUT2D eigenvalue weighted by molar-refractivity contribution is -0.384. The Bertz CT molecular complexity index is 1000. The number of amides is 1. The van der Waals surface area contributed by atoms with E-state index in [2.05, 4.69) is 4.98 Å². The summed E-state index contributed by atoms with van der Waals surface area (Å²) in [4.78, 5) is 31.6. The first-order valence-electron chi connectivity index (χ1n) is 8.68. The third-order valence-electron chi connectivity index (χ3n) is 4.05. The fraction of sp³-hybridized carbons (Fsp3) is 0.200. The van der Waals surface area contributed by atoms with Gasteiger partial charge in [-0.3, -0.25) is 19.8 Å². The Morgan fingerprint density at radius 3 is 2.62 bits per heavy atom. The van der Waals surface area contributed by atoms with Crippen molar-refractivity contribution in [2.45, 2.75) is 0 Å². The molecule has 7 nitrogen and oxygen atoms in total. The predicted molar refractivity (Wildman–Crippen MR) is 120 cm³/mol. The molecule has 152 valence electrons. The van der Waals surface area contributed by atoms with Gasteiger partial charge >= 0.3 is 0 Å². The van der Waals surface area contributed by atoms with Gasteiger partial charge in [-0.15, -0.1) is 12.4 Å². The van der Waals surface area contributed by atoms with Crippen molar-refractivity contribution in [1.82, 2.24) is 9.88 Å². The van der Waals surface area contributed by atoms with Gasteiger partial charge in [0.2, 0.25) is 0 Å². The summed E-state index contributed by atoms with van der Waals surface area (Å²) >= 11 is 1.47. The second kappa shape index (κ2) is 10.1. The average molecular weight is 433 g/mol. The largest absolute Gasteiger partial charge is 0.308 e. The normalized spacial score (nSPS) is 11.0. The van der Waals surface area contributed by atoms with E-state index >= 15 is 0 Å². The molecule has 0 aliphatic heterocycles. The number of halogens is 1. The average Bonchev–Trinajstić information content (AvgIpc) is 3.10. The molecule has 2 aromatic carbocycles. The summed E-state index contributed by atoms with van der Waals surface area (Å²) in [5.74, 6) is -0.215. The van der Waals surface area contributed by atoms with E-state index < -0.39 is 4.92 Å². The zero-order chi connectivity index (χ0) is 20.1. The second-order valence-electron chi connectivity index (χ2n) is 6.44. The number of thiazole rings is 1. The molecule has 0 aliphatic rings. The Hall–Kier alpha value is -2.81. The Labute approximate surface area is 178 Å². The molecule has 9 heteroatoms. The van der Waals surface area contributed by atoms with E-state index in [1.54, 1.807) is 23.1 Å². The highest BCUT2D eigenvalue weighted by Gasteiger charge is 2.18. The Kier molecular flexibility index (Phi) is 7.83. The minimum Gasteiger partial charge on any atom is -0.308 e. The maximum Gasteiger partial charge on any atom is 0.270 e. The first kappa shape index (κ1) is 22.5. The number of carbonyl (C=O) groups is 1. The lowest BCUT2D eigenvalue weighted by atomic mass is 10.2. The Balaban J connectivity index is 0.00000300. The molecule has 0 fully saturated rings. The van der Waals surface area contributed by atoms with Gasteiger partial charge in [-0.1, -0.05) is 35.6 Å². The van der Waals surface area contributed by atoms with Crippen molar-refractivity contribution in [2.75, 3.05) is 32.1 Å². The van der Waals surface area contributed by atoms with Crippen molar-refractivity contribution >= 4 is 56.8 Å². The number of likely N-dealkylation sites (N-methyl/N-ethyl adjacent to an activating group) is 1. The molecule has 0 saturated heterocycles. The van der Waals surface area contributed by atoms with E-state index in [0.717, 1.165) is 10.2 Å². The van der Waals surface area contributed by atoms with Gasteiger partial charge in [0.05, 0.1) is 15.1 Å². The molecule has 0 radical (unpaired) electrons. The summed E-state index contributed by atoms with van der Waals surface area (Å²) in [7, 11) is 3.89. The third-order valence-corrected chi connectivity index (χ3v) is 5.11. The molecule has 1 aromatic heterocycles. The minimum atomic E-state index is -0.455. The molecule has 0 spiro atoms. The molecule has 3 rings (SSSR count). The van der Waals surface area contributed by atoms with Crippen LogP contribution < -0.4 is 4.90 Å². The summed E-state index contributed by atoms with van der Waals surface area (Å²) in [5, 5.41) is 11.5. The van der Waals surface area contributed by atoms with Gasteiger partial charge in [-0.25, -0.2) is 4.98 Å². The first-order valence-corrected chi connectivity index (χ1v) is 9.50. The molecule has 0 atom stereocenters. The Morgan fingerprint density at radius 1 is 1.17 bits per heavy atom. The van der Waals surface area contributed by atoms with Crippen LogP contribution in [0.2, 0.25) is 0 Å². The van der Waals surface area contributed by atoms with E-state index in [1.165, 1.54) is 29.5 Å². The molecule has 1 heterocycles. The van der Waals surface area contributed by atoms with Crippen molar-refractivity contribution in [3.63, 3.8) is 0 Å². The maximum absolute atomic E-state index is 12.9. The third kappa shape index (κ3) is 5.83. The number of carbonyl (C=O) groups excluding carboxylic acids is 1. The summed E-state index contributed by atoms with van der Waals surface area (Å²) in [5.41, 5.74) is 1.44. The molecular weight excluding hydrogens is 412 g/mol. The van der Waals surface area contributed by atoms with Gasteiger partial charge < -0.3 is 4.90 Å². The molecule has 0 N–H and O–H groups in total. The second-order valence-corrected chi connectivity index (χ2v) is 7.45. The quantitative estimate of drug-likeness (QED) is 0.317. The van der Waals surface area contributed by atoms with E-state index in [1.807, 2.05) is 43.3 Å². The van der Waals surface area contributed by atoms with Crippen molar-refractivity contribution in [3.05, 3.63) is 70.3 Å². The number of non-ortho nitro benzene ring substituents is 1. The van der Waals surface area contributed by atoms with Crippen LogP contribution in [0.25, 0.3) is 16.3 Å². The summed E-state index contributed by atoms with van der Waals surface area (Å²) in [6, 6.07) is 13.9. The molecular formula is C20H21ClN4O3S. The van der Waals surface area contributed by atoms with Crippen LogP contribution in [0.5, 0.6) is 0 Å². The van der Waals surface area contributed by atoms with Gasteiger partial charge in [0.25, 0.3) is 11.6 Å². The van der Waals surface area contributed by atoms with Crippen LogP contribution in [0.1, 0.15) is 5.56 Å². The number of anilines is 1. The van der Waals surface area contributed by atoms with Gasteiger partial charge in [0.1, 0.15) is 0 Å². The maximum atomic E-state index is 12.9. The van der Waals surface area contributed by atoms with Crippen LogP contribution in [-0.2, 0) is 4.79 Å². The number of hydrogen-bond donors (Lipinski definition) is 0. The van der Waals surface area contributed by atoms with Crippen LogP contribution in [0.4, 0.5) is 10.8 Å². The fourth-order valence-corrected chi connectivity index (χ4v) is 3.57. The lowest BCUT2D eigenvalue weighted by Gasteiger charge is -2.20. The minimum absolute atomic E-state index is 0. The van der Waals surface area contributed by atoms with Crippen molar-refractivity contribution < 1.29 is 9.72 Å². The summed E-state index contributed by atoms with van der Waals surface area (Å²) in [6.07, 6.45) is 3.02. The SMILES string of the molecule is CN(C)CCN(C(=O)/C=C/c1cccc([N+](=O)[O-])c1)c1nc2ccccc2s1.Cl. The van der Waals surface area contributed by atoms with Gasteiger partial charge in [0, 0.05) is 31.3 Å². The van der Waals surface area contributed by atoms with Crippen LogP contribution >= 0.6 is 23.7 Å². The molecule has 0 unspecified atom stereocenters. The number of aromatic nitrogens is 1. The fourth-order valence-electron chi connectivity index (χ4n) is 2.58. The molecule has 0 saturated carbocycles. The standard InChI is InChI=1S/C20H20N4O3S.ClH/c1-22(2)12-13-23(20-21-17-8-3-4-9-18(17)28-20)19(25)11-10-15-6-5-7-16(14-15)24(26)27;/h3-11,14H,12-13H2,1-2H3;1H/b11-10+;. The summed E-state index contributed by atoms with van der Waals surface area (Å²) < 4.78 is 1.02. The number of fused-ring (bicyclic) bond motifs is 1. The number of nitro groups is 1. The number of para-hydroxylation sites is 1. The Morgan fingerprint density at radius 2 is 1.93 bits per heavy atom. The van der Waals surface area contributed by atoms with Gasteiger partial charge in [0.15, 0.2) is 5.13 Å². The van der Waals surface area contributed by atoms with Crippen LogP contribution in [0, 0.1) is 10.1 Å². The number of benzene rings is 2. The van der Waals surface area contributed by atoms with Crippen molar-refractivity contribution in [1.29, 1.82) is 0 Å². The predicted octanol–water partition coefficient (Wildman–Crippen LogP) is 4.23. The zero-order valence-corrected chi connectivity index (χ0v) is 17.7. The monoisotopic (exact) mass is 432 g/mol. The first-order chi connectivity index (χ1) is 13.4. The van der Waals surface area contributed by atoms with E-state index in [0.29, 0.717) is 23.8 Å². The van der Waals surface area contributed by atoms with Crippen molar-refractivity contribution in [2.24, 2.45) is 0 Å². The number of hydrogen-bond acceptors (Lipinski definition) is 6. The zero-order valence-electron chi connectivity index (χ0n) is 16.0. The topological polar surface area (TPSA) is 79.6 Å². The molecule has 0 aliphatic carbocycles. The molecule has 0 bridgehead atoms. The van der Waals surface area contributed by atoms with E-state index in [4.69, 9.17) is 0 Å².